The molecule has 102 valence electrons. The molecule has 0 aromatic heterocycles. The lowest BCUT2D eigenvalue weighted by molar-refractivity contribution is -0.127. The fourth-order valence-corrected chi connectivity index (χ4v) is 2.66. The van der Waals surface area contributed by atoms with Crippen LogP contribution in [0.25, 0.3) is 0 Å². The van der Waals surface area contributed by atoms with Gasteiger partial charge in [0.2, 0.25) is 5.91 Å². The Kier molecular flexibility index (Phi) is 3.05. The summed E-state index contributed by atoms with van der Waals surface area (Å²) in [6.07, 6.45) is 1.66. The van der Waals surface area contributed by atoms with Crippen LogP contribution in [-0.2, 0) is 10.3 Å². The molecule has 2 aliphatic rings. The number of amides is 1. The Morgan fingerprint density at radius 2 is 2.11 bits per heavy atom. The van der Waals surface area contributed by atoms with Crippen LogP contribution in [0.1, 0.15) is 25.3 Å². The van der Waals surface area contributed by atoms with Crippen LogP contribution in [-0.4, -0.2) is 19.0 Å². The molecule has 1 saturated heterocycles. The number of rotatable bonds is 4. The molecular weight excluding hydrogens is 243 g/mol. The summed E-state index contributed by atoms with van der Waals surface area (Å²) in [6, 6.07) is 6.74. The van der Waals surface area contributed by atoms with Gasteiger partial charge in [0.1, 0.15) is 5.82 Å². The number of benzene rings is 1. The second-order valence-electron chi connectivity index (χ2n) is 5.76. The Labute approximate surface area is 112 Å². The molecule has 1 aromatic carbocycles. The van der Waals surface area contributed by atoms with E-state index in [4.69, 9.17) is 0 Å². The van der Waals surface area contributed by atoms with Gasteiger partial charge in [0, 0.05) is 11.5 Å². The SMILES string of the molecule is CC(C(=O)NC1(c2ccccc2F)CC1)C1CNC1. The van der Waals surface area contributed by atoms with E-state index in [1.165, 1.54) is 6.07 Å². The zero-order valence-corrected chi connectivity index (χ0v) is 11.1. The number of hydrogen-bond donors (Lipinski definition) is 2. The number of carbonyl (C=O) groups is 1. The average molecular weight is 262 g/mol. The summed E-state index contributed by atoms with van der Waals surface area (Å²) in [5, 5.41) is 6.24. The highest BCUT2D eigenvalue weighted by Gasteiger charge is 2.48. The molecule has 1 aliphatic carbocycles. The number of nitrogens with one attached hydrogen (secondary N) is 2. The molecule has 0 bridgehead atoms. The van der Waals surface area contributed by atoms with Gasteiger partial charge in [0.05, 0.1) is 5.54 Å². The van der Waals surface area contributed by atoms with E-state index < -0.39 is 5.54 Å². The zero-order valence-electron chi connectivity index (χ0n) is 11.1. The van der Waals surface area contributed by atoms with Crippen LogP contribution in [0.5, 0.6) is 0 Å². The van der Waals surface area contributed by atoms with Gasteiger partial charge in [-0.1, -0.05) is 25.1 Å². The molecule has 1 unspecified atom stereocenters. The molecule has 3 nitrogen and oxygen atoms in total. The van der Waals surface area contributed by atoms with Gasteiger partial charge in [-0.2, -0.15) is 0 Å². The number of halogens is 1. The maximum atomic E-state index is 13.9. The van der Waals surface area contributed by atoms with Crippen molar-refractivity contribution >= 4 is 5.91 Å². The van der Waals surface area contributed by atoms with E-state index in [1.54, 1.807) is 12.1 Å². The van der Waals surface area contributed by atoms with Crippen molar-refractivity contribution in [3.05, 3.63) is 35.6 Å². The quantitative estimate of drug-likeness (QED) is 0.868. The van der Waals surface area contributed by atoms with Crippen molar-refractivity contribution in [3.63, 3.8) is 0 Å². The first-order valence-electron chi connectivity index (χ1n) is 6.90. The second-order valence-corrected chi connectivity index (χ2v) is 5.76. The Morgan fingerprint density at radius 3 is 2.63 bits per heavy atom. The topological polar surface area (TPSA) is 41.1 Å². The molecule has 4 heteroatoms. The van der Waals surface area contributed by atoms with Gasteiger partial charge in [-0.15, -0.1) is 0 Å². The average Bonchev–Trinajstić information content (AvgIpc) is 3.08. The molecule has 3 rings (SSSR count). The second kappa shape index (κ2) is 4.60. The number of hydrogen-bond acceptors (Lipinski definition) is 2. The van der Waals surface area contributed by atoms with E-state index in [0.29, 0.717) is 11.5 Å². The molecule has 19 heavy (non-hydrogen) atoms. The minimum atomic E-state index is -0.451. The van der Waals surface area contributed by atoms with E-state index in [0.717, 1.165) is 25.9 Å². The lowest BCUT2D eigenvalue weighted by atomic mass is 9.88. The minimum absolute atomic E-state index is 0.00880. The van der Waals surface area contributed by atoms with Crippen molar-refractivity contribution in [1.82, 2.24) is 10.6 Å². The van der Waals surface area contributed by atoms with E-state index in [9.17, 15) is 9.18 Å². The van der Waals surface area contributed by atoms with Gasteiger partial charge in [-0.3, -0.25) is 4.79 Å². The lowest BCUT2D eigenvalue weighted by Gasteiger charge is -2.33. The zero-order chi connectivity index (χ0) is 13.5. The maximum absolute atomic E-state index is 13.9. The van der Waals surface area contributed by atoms with Crippen molar-refractivity contribution in [3.8, 4) is 0 Å². The summed E-state index contributed by atoms with van der Waals surface area (Å²) in [7, 11) is 0. The predicted molar refractivity (Wildman–Crippen MR) is 71.0 cm³/mol. The Bertz CT molecular complexity index is 495. The molecule has 1 heterocycles. The predicted octanol–water partition coefficient (Wildman–Crippen LogP) is 1.79. The standard InChI is InChI=1S/C15H19FN2O/c1-10(11-8-17-9-11)14(19)18-15(6-7-15)12-4-2-3-5-13(12)16/h2-5,10-11,17H,6-9H2,1H3,(H,18,19). The van der Waals surface area contributed by atoms with E-state index in [2.05, 4.69) is 10.6 Å². The molecule has 2 N–H and O–H groups in total. The summed E-state index contributed by atoms with van der Waals surface area (Å²) in [4.78, 5) is 12.3. The molecule has 2 fully saturated rings. The van der Waals surface area contributed by atoms with Crippen LogP contribution in [0.2, 0.25) is 0 Å². The van der Waals surface area contributed by atoms with Crippen molar-refractivity contribution < 1.29 is 9.18 Å². The molecule has 1 saturated carbocycles. The van der Waals surface area contributed by atoms with Gasteiger partial charge < -0.3 is 10.6 Å². The Morgan fingerprint density at radius 1 is 1.42 bits per heavy atom. The first-order chi connectivity index (χ1) is 9.12. The first-order valence-corrected chi connectivity index (χ1v) is 6.90. The van der Waals surface area contributed by atoms with Crippen LogP contribution in [0.4, 0.5) is 4.39 Å². The highest BCUT2D eigenvalue weighted by Crippen LogP contribution is 2.46. The van der Waals surface area contributed by atoms with Crippen LogP contribution in [0.3, 0.4) is 0 Å². The monoisotopic (exact) mass is 262 g/mol. The van der Waals surface area contributed by atoms with Crippen molar-refractivity contribution in [2.75, 3.05) is 13.1 Å². The van der Waals surface area contributed by atoms with Crippen LogP contribution < -0.4 is 10.6 Å². The highest BCUT2D eigenvalue weighted by atomic mass is 19.1. The van der Waals surface area contributed by atoms with E-state index >= 15 is 0 Å². The van der Waals surface area contributed by atoms with Crippen molar-refractivity contribution in [2.24, 2.45) is 11.8 Å². The van der Waals surface area contributed by atoms with Crippen LogP contribution in [0.15, 0.2) is 24.3 Å². The summed E-state index contributed by atoms with van der Waals surface area (Å²) < 4.78 is 13.9. The van der Waals surface area contributed by atoms with Gasteiger partial charge in [0.15, 0.2) is 0 Å². The van der Waals surface area contributed by atoms with Gasteiger partial charge in [-0.05, 0) is 37.9 Å². The largest absolute Gasteiger partial charge is 0.346 e. The smallest absolute Gasteiger partial charge is 0.223 e. The Balaban J connectivity index is 1.72. The third kappa shape index (κ3) is 2.25. The van der Waals surface area contributed by atoms with E-state index in [-0.39, 0.29) is 17.6 Å². The summed E-state index contributed by atoms with van der Waals surface area (Å²) in [6.45, 7) is 3.76. The highest BCUT2D eigenvalue weighted by molar-refractivity contribution is 5.80. The molecule has 0 radical (unpaired) electrons. The third-order valence-corrected chi connectivity index (χ3v) is 4.44. The lowest BCUT2D eigenvalue weighted by Crippen LogP contribution is -2.51. The van der Waals surface area contributed by atoms with Crippen molar-refractivity contribution in [2.45, 2.75) is 25.3 Å². The molecular formula is C15H19FN2O. The molecule has 1 atom stereocenters. The Hall–Kier alpha value is -1.42. The van der Waals surface area contributed by atoms with Gasteiger partial charge >= 0.3 is 0 Å². The minimum Gasteiger partial charge on any atom is -0.346 e. The molecule has 1 aliphatic heterocycles. The fourth-order valence-electron chi connectivity index (χ4n) is 2.66. The normalized spacial score (nSPS) is 22.4. The maximum Gasteiger partial charge on any atom is 0.223 e. The summed E-state index contributed by atoms with van der Waals surface area (Å²) in [5.74, 6) is 0.229. The van der Waals surface area contributed by atoms with Gasteiger partial charge in [0.25, 0.3) is 0 Å². The summed E-state index contributed by atoms with van der Waals surface area (Å²) in [5.41, 5.74) is 0.177. The first kappa shape index (κ1) is 12.6. The third-order valence-electron chi connectivity index (χ3n) is 4.44. The number of carbonyl (C=O) groups excluding carboxylic acids is 1. The van der Waals surface area contributed by atoms with Crippen LogP contribution >= 0.6 is 0 Å². The fraction of sp³-hybridized carbons (Fsp3) is 0.533. The van der Waals surface area contributed by atoms with Crippen molar-refractivity contribution in [1.29, 1.82) is 0 Å². The van der Waals surface area contributed by atoms with Gasteiger partial charge in [-0.25, -0.2) is 4.39 Å². The molecule has 1 aromatic rings. The summed E-state index contributed by atoms with van der Waals surface area (Å²) >= 11 is 0. The van der Waals surface area contributed by atoms with Crippen LogP contribution in [0, 0.1) is 17.7 Å². The molecule has 0 spiro atoms. The molecule has 1 amide bonds. The van der Waals surface area contributed by atoms with E-state index in [1.807, 2.05) is 13.0 Å².